The number of ketones is 1. The number of hydrogen-bond acceptors (Lipinski definition) is 11. The van der Waals surface area contributed by atoms with Gasteiger partial charge in [0.05, 0.1) is 35.7 Å². The minimum atomic E-state index is -2.53. The fourth-order valence-corrected chi connectivity index (χ4v) is 17.1. The summed E-state index contributed by atoms with van der Waals surface area (Å²) in [6.45, 7) is 16.8. The summed E-state index contributed by atoms with van der Waals surface area (Å²) < 4.78 is 33.1. The topological polar surface area (TPSA) is 155 Å². The molecular weight excluding hydrogens is 985 g/mol. The molecule has 2 bridgehead atoms. The van der Waals surface area contributed by atoms with Gasteiger partial charge in [0.15, 0.2) is 25.8 Å². The first kappa shape index (κ1) is 64.9. The van der Waals surface area contributed by atoms with E-state index in [1.807, 2.05) is 0 Å². The van der Waals surface area contributed by atoms with E-state index in [1.165, 1.54) is 155 Å². The van der Waals surface area contributed by atoms with Gasteiger partial charge >= 0.3 is 17.9 Å². The van der Waals surface area contributed by atoms with Crippen molar-refractivity contribution in [2.45, 2.75) is 315 Å². The Morgan fingerprint density at radius 2 is 1.13 bits per heavy atom. The molecule has 2 saturated carbocycles. The van der Waals surface area contributed by atoms with Crippen molar-refractivity contribution in [2.75, 3.05) is 6.61 Å². The first-order valence-corrected chi connectivity index (χ1v) is 34.1. The number of fused-ring (bicyclic) bond motifs is 5. The molecule has 1 saturated heterocycles. The lowest BCUT2D eigenvalue weighted by atomic mass is 9.44. The Balaban J connectivity index is 1.17. The average molecular weight is 1090 g/mol. The van der Waals surface area contributed by atoms with E-state index in [0.29, 0.717) is 12.0 Å². The summed E-state index contributed by atoms with van der Waals surface area (Å²) in [5.74, 6) is -3.66. The molecule has 1 aromatic rings. The van der Waals surface area contributed by atoms with Gasteiger partial charge in [0.2, 0.25) is 0 Å². The van der Waals surface area contributed by atoms with Crippen LogP contribution in [-0.2, 0) is 37.8 Å². The van der Waals surface area contributed by atoms with Crippen LogP contribution in [0.5, 0.6) is 0 Å². The first-order chi connectivity index (χ1) is 36.9. The summed E-state index contributed by atoms with van der Waals surface area (Å²) in [5, 5.41) is 25.7. The van der Waals surface area contributed by atoms with Crippen LogP contribution < -0.4 is 0 Å². The number of carbonyl (C=O) groups is 4. The SMILES string of the molecule is CCCCCCCCCCCCCCCCCCCCCCCCCCCCCC(=O)O[C@H]1C(=O)[C@]2(C)[C@@H](O[Si](CC)(CC)CC)C[C@H]3OC[C@@]3(OC(C)=O)[C@H]2[C@H](OC(=O)c2ccccc2)[C@]2(O)C[C@H](O)C(C)=C1C2(C)C. The highest BCUT2D eigenvalue weighted by Gasteiger charge is 2.78. The molecule has 1 heterocycles. The van der Waals surface area contributed by atoms with Gasteiger partial charge in [-0.3, -0.25) is 14.4 Å². The molecule has 2 N–H and O–H groups in total. The number of hydrogen-bond donors (Lipinski definition) is 2. The molecule has 11 nitrogen and oxygen atoms in total. The summed E-state index contributed by atoms with van der Waals surface area (Å²) in [7, 11) is -2.53. The third-order valence-electron chi connectivity index (χ3n) is 19.5. The number of rotatable bonds is 37. The zero-order chi connectivity index (χ0) is 56.1. The van der Waals surface area contributed by atoms with E-state index in [-0.39, 0.29) is 37.0 Å². The number of ether oxygens (including phenoxy) is 4. The van der Waals surface area contributed by atoms with E-state index in [1.54, 1.807) is 58.0 Å². The Hall–Kier alpha value is -2.90. The largest absolute Gasteiger partial charge is 0.455 e. The van der Waals surface area contributed by atoms with Crippen molar-refractivity contribution in [2.24, 2.45) is 16.7 Å². The minimum Gasteiger partial charge on any atom is -0.455 e. The maximum atomic E-state index is 16.3. The molecule has 0 radical (unpaired) electrons. The van der Waals surface area contributed by atoms with E-state index in [0.717, 1.165) is 37.4 Å². The molecule has 0 amide bonds. The van der Waals surface area contributed by atoms with Gasteiger partial charge in [0.25, 0.3) is 0 Å². The summed E-state index contributed by atoms with van der Waals surface area (Å²) in [6, 6.07) is 10.7. The first-order valence-electron chi connectivity index (χ1n) is 31.5. The molecule has 0 spiro atoms. The van der Waals surface area contributed by atoms with Crippen molar-refractivity contribution in [1.82, 2.24) is 0 Å². The Morgan fingerprint density at radius 1 is 0.675 bits per heavy atom. The molecule has 0 aromatic heterocycles. The van der Waals surface area contributed by atoms with Crippen LogP contribution in [0.3, 0.4) is 0 Å². The number of esters is 3. The van der Waals surface area contributed by atoms with Crippen LogP contribution in [0, 0.1) is 16.7 Å². The summed E-state index contributed by atoms with van der Waals surface area (Å²) >= 11 is 0. The van der Waals surface area contributed by atoms with Gasteiger partial charge in [-0.15, -0.1) is 0 Å². The smallest absolute Gasteiger partial charge is 0.338 e. The monoisotopic (exact) mass is 1090 g/mol. The molecule has 3 aliphatic carbocycles. The van der Waals surface area contributed by atoms with Gasteiger partial charge < -0.3 is 33.6 Å². The quantitative estimate of drug-likeness (QED) is 0.0215. The Kier molecular flexibility index (Phi) is 26.4. The normalized spacial score (nSPS) is 27.7. The van der Waals surface area contributed by atoms with Gasteiger partial charge in [-0.2, -0.15) is 0 Å². The lowest BCUT2D eigenvalue weighted by molar-refractivity contribution is -0.344. The fourth-order valence-electron chi connectivity index (χ4n) is 14.1. The van der Waals surface area contributed by atoms with Gasteiger partial charge in [-0.05, 0) is 61.7 Å². The van der Waals surface area contributed by atoms with Crippen molar-refractivity contribution < 1.29 is 52.8 Å². The zero-order valence-corrected chi connectivity index (χ0v) is 51.0. The third-order valence-corrected chi connectivity index (χ3v) is 24.1. The van der Waals surface area contributed by atoms with E-state index in [4.69, 9.17) is 23.4 Å². The number of aliphatic hydroxyl groups excluding tert-OH is 1. The van der Waals surface area contributed by atoms with Crippen molar-refractivity contribution in [3.8, 4) is 0 Å². The molecule has 4 aliphatic rings. The van der Waals surface area contributed by atoms with E-state index >= 15 is 4.79 Å². The predicted molar refractivity (Wildman–Crippen MR) is 310 cm³/mol. The number of aliphatic hydroxyl groups is 2. The molecule has 1 aliphatic heterocycles. The Morgan fingerprint density at radius 3 is 1.55 bits per heavy atom. The van der Waals surface area contributed by atoms with Gasteiger partial charge in [-0.1, -0.05) is 227 Å². The van der Waals surface area contributed by atoms with Crippen LogP contribution in [0.4, 0.5) is 0 Å². The van der Waals surface area contributed by atoms with Crippen LogP contribution in [0.1, 0.15) is 265 Å². The minimum absolute atomic E-state index is 0.102. The molecule has 3 fully saturated rings. The number of Topliss-reactive ketones (excluding diaryl/α,β-unsaturated/α-hetero) is 1. The molecule has 9 atom stereocenters. The van der Waals surface area contributed by atoms with Crippen LogP contribution in [0.15, 0.2) is 41.5 Å². The van der Waals surface area contributed by atoms with Crippen molar-refractivity contribution in [3.05, 3.63) is 47.0 Å². The maximum absolute atomic E-state index is 16.3. The van der Waals surface area contributed by atoms with Crippen molar-refractivity contribution in [1.29, 1.82) is 0 Å². The highest BCUT2D eigenvalue weighted by atomic mass is 28.4. The van der Waals surface area contributed by atoms with E-state index in [9.17, 15) is 24.6 Å². The lowest BCUT2D eigenvalue weighted by Gasteiger charge is -2.68. The van der Waals surface area contributed by atoms with Gasteiger partial charge in [0.1, 0.15) is 17.8 Å². The second-order valence-electron chi connectivity index (χ2n) is 24.9. The number of unbranched alkanes of at least 4 members (excludes halogenated alkanes) is 26. The number of carbonyl (C=O) groups excluding carboxylic acids is 4. The lowest BCUT2D eigenvalue weighted by Crippen LogP contribution is -2.82. The number of benzene rings is 1. The molecular formula is C65H108O11Si. The van der Waals surface area contributed by atoms with Crippen LogP contribution in [0.2, 0.25) is 18.1 Å². The van der Waals surface area contributed by atoms with Gasteiger partial charge in [0, 0.05) is 31.6 Å². The standard InChI is InChI=1S/C65H108O11Si/c1-10-14-15-16-17-18-19-20-21-22-23-24-25-26-27-28-29-30-31-32-33-34-35-36-37-38-42-45-55(68)73-57-56-49(5)52(67)47-65(71,62(56,7)8)60(74-61(70)51-43-40-39-41-44-51)58-63(9,59(57)69)53(76-77(11-2,12-3)13-4)46-54-64(58,48-72-54)75-50(6)66/h39-41,43-44,52-54,57-58,60,67,71H,10-38,42,45-48H2,1-9H3/t52-,53-,54+,57+,58-,60-,63+,64-,65+/m0/s1. The van der Waals surface area contributed by atoms with Crippen molar-refractivity contribution >= 4 is 32.0 Å². The third kappa shape index (κ3) is 16.2. The second-order valence-corrected chi connectivity index (χ2v) is 29.7. The zero-order valence-electron chi connectivity index (χ0n) is 50.0. The molecule has 12 heteroatoms. The summed E-state index contributed by atoms with van der Waals surface area (Å²) in [6.07, 6.45) is 29.2. The average Bonchev–Trinajstić information content (AvgIpc) is 3.58. The molecule has 5 rings (SSSR count). The fraction of sp³-hybridized carbons (Fsp3) is 0.815. The molecule has 0 unspecified atom stereocenters. The van der Waals surface area contributed by atoms with Crippen LogP contribution >= 0.6 is 0 Å². The molecule has 1 aromatic carbocycles. The Labute approximate surface area is 468 Å². The van der Waals surface area contributed by atoms with Crippen LogP contribution in [0.25, 0.3) is 0 Å². The maximum Gasteiger partial charge on any atom is 0.338 e. The second kappa shape index (κ2) is 31.3. The summed E-state index contributed by atoms with van der Waals surface area (Å²) in [4.78, 5) is 58.3. The van der Waals surface area contributed by atoms with E-state index in [2.05, 4.69) is 27.7 Å². The van der Waals surface area contributed by atoms with E-state index < -0.39 is 90.5 Å². The van der Waals surface area contributed by atoms with Crippen molar-refractivity contribution in [3.63, 3.8) is 0 Å². The molecule has 438 valence electrons. The van der Waals surface area contributed by atoms with Crippen LogP contribution in [-0.4, -0.2) is 90.6 Å². The highest BCUT2D eigenvalue weighted by molar-refractivity contribution is 6.73. The highest BCUT2D eigenvalue weighted by Crippen LogP contribution is 2.65. The van der Waals surface area contributed by atoms with Gasteiger partial charge in [-0.25, -0.2) is 4.79 Å². The predicted octanol–water partition coefficient (Wildman–Crippen LogP) is 15.6. The Bertz CT molecular complexity index is 1990. The summed E-state index contributed by atoms with van der Waals surface area (Å²) in [5.41, 5.74) is -5.80. The molecule has 77 heavy (non-hydrogen) atoms.